The molecule has 1 saturated carbocycles. The maximum atomic E-state index is 13.0. The summed E-state index contributed by atoms with van der Waals surface area (Å²) >= 11 is 6.13. The third-order valence-corrected chi connectivity index (χ3v) is 4.81. The number of carbonyl (C=O) groups is 1. The van der Waals surface area contributed by atoms with Crippen LogP contribution in [0.4, 0.5) is 0 Å². The van der Waals surface area contributed by atoms with Gasteiger partial charge in [-0.2, -0.15) is 0 Å². The van der Waals surface area contributed by atoms with Gasteiger partial charge in [0.1, 0.15) is 11.5 Å². The van der Waals surface area contributed by atoms with Gasteiger partial charge in [-0.05, 0) is 36.6 Å². The lowest BCUT2D eigenvalue weighted by Crippen LogP contribution is -2.48. The number of halogens is 2. The molecule has 2 aliphatic rings. The van der Waals surface area contributed by atoms with Crippen molar-refractivity contribution in [3.8, 4) is 0 Å². The maximum absolute atomic E-state index is 13.0. The summed E-state index contributed by atoms with van der Waals surface area (Å²) in [6.45, 7) is 2.15. The largest absolute Gasteiger partial charge is 0.328 e. The van der Waals surface area contributed by atoms with Gasteiger partial charge in [-0.1, -0.05) is 23.7 Å². The first-order chi connectivity index (χ1) is 11.7. The van der Waals surface area contributed by atoms with Crippen LogP contribution in [0.1, 0.15) is 46.7 Å². The van der Waals surface area contributed by atoms with Crippen LogP contribution in [-0.2, 0) is 0 Å². The molecule has 2 fully saturated rings. The van der Waals surface area contributed by atoms with Crippen LogP contribution in [0.15, 0.2) is 36.5 Å². The Bertz CT molecular complexity index is 766. The van der Waals surface area contributed by atoms with E-state index in [0.717, 1.165) is 30.8 Å². The van der Waals surface area contributed by atoms with E-state index in [9.17, 15) is 4.79 Å². The van der Waals surface area contributed by atoms with Gasteiger partial charge in [-0.25, -0.2) is 9.97 Å². The van der Waals surface area contributed by atoms with Crippen molar-refractivity contribution in [2.75, 3.05) is 19.6 Å². The van der Waals surface area contributed by atoms with Crippen LogP contribution in [0.25, 0.3) is 0 Å². The van der Waals surface area contributed by atoms with Crippen molar-refractivity contribution >= 4 is 29.9 Å². The molecule has 1 unspecified atom stereocenters. The molecule has 1 aliphatic carbocycles. The summed E-state index contributed by atoms with van der Waals surface area (Å²) in [4.78, 5) is 23.7. The van der Waals surface area contributed by atoms with E-state index in [1.54, 1.807) is 12.3 Å². The second kappa shape index (κ2) is 7.68. The Hall–Kier alpha value is -1.69. The van der Waals surface area contributed by atoms with Crippen molar-refractivity contribution < 1.29 is 4.79 Å². The molecule has 1 N–H and O–H groups in total. The van der Waals surface area contributed by atoms with Gasteiger partial charge in [0.15, 0.2) is 0 Å². The summed E-state index contributed by atoms with van der Waals surface area (Å²) in [5.74, 6) is 1.20. The normalized spacial score (nSPS) is 20.0. The van der Waals surface area contributed by atoms with Gasteiger partial charge in [-0.15, -0.1) is 12.4 Å². The minimum Gasteiger partial charge on any atom is -0.328 e. The van der Waals surface area contributed by atoms with Crippen molar-refractivity contribution in [2.24, 2.45) is 0 Å². The summed E-state index contributed by atoms with van der Waals surface area (Å²) in [5, 5.41) is 4.04. The lowest BCUT2D eigenvalue weighted by Gasteiger charge is -2.36. The summed E-state index contributed by atoms with van der Waals surface area (Å²) < 4.78 is 0. The van der Waals surface area contributed by atoms with Crippen LogP contribution in [0, 0.1) is 0 Å². The van der Waals surface area contributed by atoms with Crippen molar-refractivity contribution in [1.82, 2.24) is 20.2 Å². The van der Waals surface area contributed by atoms with Crippen LogP contribution in [0.5, 0.6) is 0 Å². The predicted octanol–water partition coefficient (Wildman–Crippen LogP) is 3.22. The van der Waals surface area contributed by atoms with E-state index in [0.29, 0.717) is 29.7 Å². The van der Waals surface area contributed by atoms with Crippen molar-refractivity contribution in [1.29, 1.82) is 0 Å². The molecule has 25 heavy (non-hydrogen) atoms. The highest BCUT2D eigenvalue weighted by Gasteiger charge is 2.31. The van der Waals surface area contributed by atoms with E-state index >= 15 is 0 Å². The second-order valence-electron chi connectivity index (χ2n) is 6.35. The third-order valence-electron chi connectivity index (χ3n) is 4.57. The lowest BCUT2D eigenvalue weighted by molar-refractivity contribution is 0.0627. The molecule has 1 amide bonds. The monoisotopic (exact) mass is 378 g/mol. The quantitative estimate of drug-likeness (QED) is 0.890. The molecular weight excluding hydrogens is 359 g/mol. The highest BCUT2D eigenvalue weighted by molar-refractivity contribution is 6.30. The van der Waals surface area contributed by atoms with Gasteiger partial charge >= 0.3 is 0 Å². The number of piperazine rings is 1. The van der Waals surface area contributed by atoms with E-state index in [4.69, 9.17) is 11.6 Å². The van der Waals surface area contributed by atoms with Crippen LogP contribution < -0.4 is 5.32 Å². The lowest BCUT2D eigenvalue weighted by atomic mass is 10.0. The number of rotatable bonds is 3. The molecule has 0 radical (unpaired) electrons. The minimum atomic E-state index is -0.0377. The smallest absolute Gasteiger partial charge is 0.273 e. The number of amides is 1. The summed E-state index contributed by atoms with van der Waals surface area (Å²) in [6, 6.07) is 9.38. The fourth-order valence-corrected chi connectivity index (χ4v) is 3.34. The molecule has 7 heteroatoms. The number of benzene rings is 1. The molecule has 4 rings (SSSR count). The number of hydrogen-bond acceptors (Lipinski definition) is 4. The van der Waals surface area contributed by atoms with Gasteiger partial charge in [-0.3, -0.25) is 4.79 Å². The zero-order valence-electron chi connectivity index (χ0n) is 13.7. The van der Waals surface area contributed by atoms with Crippen molar-refractivity contribution in [3.05, 3.63) is 58.6 Å². The SMILES string of the molecule is Cl.O=C(c1ccnc(C2CC2)n1)N1CCNCC1c1cccc(Cl)c1. The molecule has 5 nitrogen and oxygen atoms in total. The standard InChI is InChI=1S/C18H19ClN4O.ClH/c19-14-3-1-2-13(10-14)16-11-20-8-9-23(16)18(24)15-6-7-21-17(22-15)12-4-5-12;/h1-3,6-7,10,12,16,20H,4-5,8-9,11H2;1H. The number of carbonyl (C=O) groups excluding carboxylic acids is 1. The van der Waals surface area contributed by atoms with Gasteiger partial charge in [0, 0.05) is 36.8 Å². The second-order valence-corrected chi connectivity index (χ2v) is 6.78. The van der Waals surface area contributed by atoms with Gasteiger partial charge in [0.25, 0.3) is 5.91 Å². The average molecular weight is 379 g/mol. The molecule has 0 spiro atoms. The van der Waals surface area contributed by atoms with Gasteiger partial charge in [0.05, 0.1) is 6.04 Å². The number of nitrogens with one attached hydrogen (secondary N) is 1. The van der Waals surface area contributed by atoms with E-state index in [2.05, 4.69) is 15.3 Å². The van der Waals surface area contributed by atoms with Crippen LogP contribution in [0.3, 0.4) is 0 Å². The number of nitrogens with zero attached hydrogens (tertiary/aromatic N) is 3. The topological polar surface area (TPSA) is 58.1 Å². The van der Waals surface area contributed by atoms with E-state index in [-0.39, 0.29) is 24.4 Å². The number of hydrogen-bond donors (Lipinski definition) is 1. The average Bonchev–Trinajstić information content (AvgIpc) is 3.46. The molecule has 1 atom stereocenters. The fourth-order valence-electron chi connectivity index (χ4n) is 3.14. The molecule has 1 saturated heterocycles. The van der Waals surface area contributed by atoms with E-state index in [1.807, 2.05) is 29.2 Å². The van der Waals surface area contributed by atoms with Gasteiger partial charge in [0.2, 0.25) is 0 Å². The summed E-state index contributed by atoms with van der Waals surface area (Å²) in [6.07, 6.45) is 3.94. The highest BCUT2D eigenvalue weighted by Crippen LogP contribution is 2.37. The van der Waals surface area contributed by atoms with Crippen LogP contribution >= 0.6 is 24.0 Å². The number of aromatic nitrogens is 2. The fraction of sp³-hybridized carbons (Fsp3) is 0.389. The van der Waals surface area contributed by atoms with E-state index < -0.39 is 0 Å². The van der Waals surface area contributed by atoms with E-state index in [1.165, 1.54) is 0 Å². The Morgan fingerprint density at radius 1 is 1.28 bits per heavy atom. The molecule has 132 valence electrons. The van der Waals surface area contributed by atoms with Crippen LogP contribution in [-0.4, -0.2) is 40.4 Å². The zero-order valence-corrected chi connectivity index (χ0v) is 15.3. The third kappa shape index (κ3) is 3.94. The Labute approximate surface area is 158 Å². The summed E-state index contributed by atoms with van der Waals surface area (Å²) in [7, 11) is 0. The molecule has 2 aromatic rings. The molecule has 1 aromatic carbocycles. The van der Waals surface area contributed by atoms with Crippen LogP contribution in [0.2, 0.25) is 5.02 Å². The predicted molar refractivity (Wildman–Crippen MR) is 99.4 cm³/mol. The Kier molecular flexibility index (Phi) is 5.57. The maximum Gasteiger partial charge on any atom is 0.273 e. The summed E-state index contributed by atoms with van der Waals surface area (Å²) in [5.41, 5.74) is 1.53. The minimum absolute atomic E-state index is 0. The Balaban J connectivity index is 0.00000182. The molecule has 1 aliphatic heterocycles. The Morgan fingerprint density at radius 3 is 2.88 bits per heavy atom. The van der Waals surface area contributed by atoms with Crippen molar-refractivity contribution in [3.63, 3.8) is 0 Å². The first-order valence-corrected chi connectivity index (χ1v) is 8.70. The molecule has 2 heterocycles. The molecule has 1 aromatic heterocycles. The van der Waals surface area contributed by atoms with Gasteiger partial charge < -0.3 is 10.2 Å². The first kappa shape index (κ1) is 18.1. The highest BCUT2D eigenvalue weighted by atomic mass is 35.5. The molecule has 0 bridgehead atoms. The molecular formula is C18H20Cl2N4O. The first-order valence-electron chi connectivity index (χ1n) is 8.32. The van der Waals surface area contributed by atoms with Crippen molar-refractivity contribution in [2.45, 2.75) is 24.8 Å². The Morgan fingerprint density at radius 2 is 2.12 bits per heavy atom. The zero-order chi connectivity index (χ0) is 16.5.